The van der Waals surface area contributed by atoms with Crippen LogP contribution in [0.15, 0.2) is 18.2 Å². The molecule has 8 nitrogen and oxygen atoms in total. The molecule has 1 aliphatic heterocycles. The van der Waals surface area contributed by atoms with Gasteiger partial charge in [0.25, 0.3) is 5.91 Å². The maximum Gasteiger partial charge on any atom is 0.324 e. The Balaban J connectivity index is 1.82. The Kier molecular flexibility index (Phi) is 8.64. The Morgan fingerprint density at radius 3 is 2.44 bits per heavy atom. The predicted octanol–water partition coefficient (Wildman–Crippen LogP) is 3.34. The van der Waals surface area contributed by atoms with E-state index in [1.165, 1.54) is 23.1 Å². The maximum atomic E-state index is 14.0. The van der Waals surface area contributed by atoms with E-state index >= 15 is 0 Å². The van der Waals surface area contributed by atoms with Crippen molar-refractivity contribution in [2.45, 2.75) is 65.5 Å². The molecule has 2 N–H and O–H groups in total. The zero-order valence-corrected chi connectivity index (χ0v) is 20.2. The number of carbonyl (C=O) groups excluding carboxylic acids is 2. The molecule has 0 aromatic heterocycles. The summed E-state index contributed by atoms with van der Waals surface area (Å²) in [4.78, 5) is 25.1. The third kappa shape index (κ3) is 6.90. The number of hydrogen-bond acceptors (Lipinski definition) is 5. The highest BCUT2D eigenvalue weighted by atomic mass is 32.2. The number of sulfonamides is 1. The van der Waals surface area contributed by atoms with Crippen molar-refractivity contribution < 1.29 is 27.1 Å². The van der Waals surface area contributed by atoms with Crippen LogP contribution >= 0.6 is 0 Å². The zero-order chi connectivity index (χ0) is 24.1. The SMILES string of the molecule is CC(C)COc1cc([C@@H](C)NS(=O)(=O)CCCCCN2C(=O)NC(=O)C2(C)C)ccc1F. The minimum atomic E-state index is -3.55. The van der Waals surface area contributed by atoms with Crippen molar-refractivity contribution in [3.63, 3.8) is 0 Å². The maximum absolute atomic E-state index is 14.0. The third-order valence-corrected chi connectivity index (χ3v) is 6.91. The van der Waals surface area contributed by atoms with Gasteiger partial charge in [0.15, 0.2) is 11.6 Å². The first-order valence-electron chi connectivity index (χ1n) is 10.9. The summed E-state index contributed by atoms with van der Waals surface area (Å²) in [6, 6.07) is 3.38. The van der Waals surface area contributed by atoms with Crippen LogP contribution in [0.1, 0.15) is 65.5 Å². The molecule has 1 heterocycles. The highest BCUT2D eigenvalue weighted by molar-refractivity contribution is 7.89. The smallest absolute Gasteiger partial charge is 0.324 e. The van der Waals surface area contributed by atoms with Crippen molar-refractivity contribution in [2.24, 2.45) is 5.92 Å². The molecule has 0 radical (unpaired) electrons. The number of unbranched alkanes of at least 4 members (excludes halogenated alkanes) is 2. The predicted molar refractivity (Wildman–Crippen MR) is 120 cm³/mol. The number of carbonyl (C=O) groups is 2. The number of urea groups is 1. The van der Waals surface area contributed by atoms with Gasteiger partial charge in [-0.15, -0.1) is 0 Å². The number of nitrogens with zero attached hydrogens (tertiary/aromatic N) is 1. The molecule has 0 aliphatic carbocycles. The van der Waals surface area contributed by atoms with E-state index in [4.69, 9.17) is 4.74 Å². The van der Waals surface area contributed by atoms with Gasteiger partial charge in [-0.3, -0.25) is 10.1 Å². The highest BCUT2D eigenvalue weighted by Gasteiger charge is 2.44. The van der Waals surface area contributed by atoms with E-state index in [1.54, 1.807) is 20.8 Å². The highest BCUT2D eigenvalue weighted by Crippen LogP contribution is 2.24. The number of nitrogens with one attached hydrogen (secondary N) is 2. The lowest BCUT2D eigenvalue weighted by Crippen LogP contribution is -2.44. The average Bonchev–Trinajstić information content (AvgIpc) is 2.87. The van der Waals surface area contributed by atoms with Crippen LogP contribution in [0.3, 0.4) is 0 Å². The number of imide groups is 1. The Morgan fingerprint density at radius 1 is 1.16 bits per heavy atom. The molecule has 1 aromatic rings. The summed E-state index contributed by atoms with van der Waals surface area (Å²) < 4.78 is 47.0. The van der Waals surface area contributed by atoms with Crippen molar-refractivity contribution in [2.75, 3.05) is 18.9 Å². The van der Waals surface area contributed by atoms with Gasteiger partial charge in [-0.2, -0.15) is 0 Å². The molecule has 2 rings (SSSR count). The summed E-state index contributed by atoms with van der Waals surface area (Å²) in [6.07, 6.45) is 1.59. The lowest BCUT2D eigenvalue weighted by atomic mass is 10.0. The van der Waals surface area contributed by atoms with E-state index in [1.807, 2.05) is 13.8 Å². The quantitative estimate of drug-likeness (QED) is 0.359. The topological polar surface area (TPSA) is 105 Å². The molecular weight excluding hydrogens is 437 g/mol. The molecule has 32 heavy (non-hydrogen) atoms. The van der Waals surface area contributed by atoms with Gasteiger partial charge in [0.2, 0.25) is 10.0 Å². The van der Waals surface area contributed by atoms with Crippen LogP contribution in [-0.4, -0.2) is 49.7 Å². The molecule has 1 atom stereocenters. The summed E-state index contributed by atoms with van der Waals surface area (Å²) >= 11 is 0. The molecule has 1 fully saturated rings. The van der Waals surface area contributed by atoms with E-state index in [2.05, 4.69) is 10.0 Å². The summed E-state index contributed by atoms with van der Waals surface area (Å²) in [7, 11) is -3.55. The first kappa shape index (κ1) is 26.1. The summed E-state index contributed by atoms with van der Waals surface area (Å²) in [5.41, 5.74) is -0.284. The molecule has 1 aliphatic rings. The van der Waals surface area contributed by atoms with Gasteiger partial charge in [-0.05, 0) is 57.2 Å². The van der Waals surface area contributed by atoms with Crippen molar-refractivity contribution in [1.82, 2.24) is 14.9 Å². The number of benzene rings is 1. The summed E-state index contributed by atoms with van der Waals surface area (Å²) in [5.74, 6) is -0.540. The van der Waals surface area contributed by atoms with E-state index < -0.39 is 33.5 Å². The van der Waals surface area contributed by atoms with Gasteiger partial charge >= 0.3 is 6.03 Å². The van der Waals surface area contributed by atoms with Gasteiger partial charge in [-0.25, -0.2) is 22.3 Å². The minimum absolute atomic E-state index is 0.0657. The zero-order valence-electron chi connectivity index (χ0n) is 19.4. The molecule has 0 bridgehead atoms. The fourth-order valence-corrected chi connectivity index (χ4v) is 4.74. The standard InChI is InChI=1S/C22H34FN3O5S/c1-15(2)14-31-19-13-17(9-10-18(19)23)16(3)25-32(29,30)12-8-6-7-11-26-21(28)24-20(27)22(26,4)5/h9-10,13,15-16,25H,6-8,11-12,14H2,1-5H3,(H,24,27,28)/t16-/m1/s1. The number of hydrogen-bond donors (Lipinski definition) is 2. The Morgan fingerprint density at radius 2 is 1.84 bits per heavy atom. The second kappa shape index (κ2) is 10.6. The van der Waals surface area contributed by atoms with Crippen molar-refractivity contribution in [3.8, 4) is 5.75 Å². The fraction of sp³-hybridized carbons (Fsp3) is 0.636. The van der Waals surface area contributed by atoms with Gasteiger partial charge in [-0.1, -0.05) is 26.3 Å². The molecule has 0 spiro atoms. The summed E-state index contributed by atoms with van der Waals surface area (Å²) in [5, 5.41) is 2.29. The monoisotopic (exact) mass is 471 g/mol. The van der Waals surface area contributed by atoms with Crippen LogP contribution in [0.5, 0.6) is 5.75 Å². The third-order valence-electron chi connectivity index (χ3n) is 5.37. The van der Waals surface area contributed by atoms with Crippen molar-refractivity contribution in [3.05, 3.63) is 29.6 Å². The number of ether oxygens (including phenoxy) is 1. The minimum Gasteiger partial charge on any atom is -0.490 e. The van der Waals surface area contributed by atoms with Gasteiger partial charge in [0, 0.05) is 12.6 Å². The molecule has 1 saturated heterocycles. The molecule has 0 unspecified atom stereocenters. The normalized spacial score (nSPS) is 17.0. The number of halogens is 1. The van der Waals surface area contributed by atoms with E-state index in [9.17, 15) is 22.4 Å². The van der Waals surface area contributed by atoms with Crippen LogP contribution in [0.4, 0.5) is 9.18 Å². The second-order valence-electron chi connectivity index (χ2n) is 9.08. The lowest BCUT2D eigenvalue weighted by Gasteiger charge is -2.27. The van der Waals surface area contributed by atoms with E-state index in [0.29, 0.717) is 38.0 Å². The molecule has 1 aromatic carbocycles. The van der Waals surface area contributed by atoms with Crippen molar-refractivity contribution in [1.29, 1.82) is 0 Å². The lowest BCUT2D eigenvalue weighted by molar-refractivity contribution is -0.125. The van der Waals surface area contributed by atoms with Gasteiger partial charge in [0.05, 0.1) is 12.4 Å². The molecule has 3 amide bonds. The van der Waals surface area contributed by atoms with Gasteiger partial charge < -0.3 is 9.64 Å². The Labute approximate surface area is 189 Å². The first-order valence-corrected chi connectivity index (χ1v) is 12.5. The largest absolute Gasteiger partial charge is 0.490 e. The van der Waals surface area contributed by atoms with Gasteiger partial charge in [0.1, 0.15) is 5.54 Å². The molecule has 180 valence electrons. The first-order chi connectivity index (χ1) is 14.8. The molecule has 0 saturated carbocycles. The molecular formula is C22H34FN3O5S. The van der Waals surface area contributed by atoms with Crippen LogP contribution < -0.4 is 14.8 Å². The molecule has 10 heteroatoms. The van der Waals surface area contributed by atoms with Crippen LogP contribution in [0, 0.1) is 11.7 Å². The number of rotatable bonds is 12. The Bertz CT molecular complexity index is 933. The van der Waals surface area contributed by atoms with Crippen LogP contribution in [0.2, 0.25) is 0 Å². The van der Waals surface area contributed by atoms with E-state index in [-0.39, 0.29) is 23.3 Å². The van der Waals surface area contributed by atoms with Crippen molar-refractivity contribution >= 4 is 22.0 Å². The van der Waals surface area contributed by atoms with E-state index in [0.717, 1.165) is 0 Å². The fourth-order valence-electron chi connectivity index (χ4n) is 3.37. The summed E-state index contributed by atoms with van der Waals surface area (Å²) in [6.45, 7) is 9.71. The average molecular weight is 472 g/mol. The van der Waals surface area contributed by atoms with Crippen LogP contribution in [-0.2, 0) is 14.8 Å². The second-order valence-corrected chi connectivity index (χ2v) is 11.0. The Hall–Kier alpha value is -2.20. The van der Waals surface area contributed by atoms with Crippen LogP contribution in [0.25, 0.3) is 0 Å². The number of amides is 3.